The molecule has 8 heteroatoms. The molecular weight excluding hydrogens is 366 g/mol. The summed E-state index contributed by atoms with van der Waals surface area (Å²) < 4.78 is 6.21. The van der Waals surface area contributed by atoms with Crippen molar-refractivity contribution in [3.63, 3.8) is 0 Å². The topological polar surface area (TPSA) is 53.5 Å². The molecule has 0 unspecified atom stereocenters. The van der Waals surface area contributed by atoms with E-state index in [0.29, 0.717) is 0 Å². The first kappa shape index (κ1) is 17.4. The van der Waals surface area contributed by atoms with E-state index in [1.165, 1.54) is 0 Å². The minimum absolute atomic E-state index is 0.768. The highest BCUT2D eigenvalue weighted by Gasteiger charge is 2.20. The molecule has 122 valence electrons. The van der Waals surface area contributed by atoms with Gasteiger partial charge in [-0.15, -0.1) is 0 Å². The van der Waals surface area contributed by atoms with Crippen LogP contribution in [0.4, 0.5) is 5.95 Å². The van der Waals surface area contributed by atoms with Crippen LogP contribution >= 0.6 is 28.1 Å². The van der Waals surface area contributed by atoms with Gasteiger partial charge in [0.1, 0.15) is 0 Å². The number of anilines is 1. The predicted molar refractivity (Wildman–Crippen MR) is 95.2 cm³/mol. The highest BCUT2D eigenvalue weighted by molar-refractivity contribution is 9.10. The fraction of sp³-hybridized carbons (Fsp3) is 0.643. The van der Waals surface area contributed by atoms with Gasteiger partial charge in [-0.25, -0.2) is 9.97 Å². The summed E-state index contributed by atoms with van der Waals surface area (Å²) in [6, 6.07) is 0. The molecule has 1 N–H and O–H groups in total. The largest absolute Gasteiger partial charge is 0.382 e. The Morgan fingerprint density at radius 1 is 1.32 bits per heavy atom. The van der Waals surface area contributed by atoms with Crippen molar-refractivity contribution >= 4 is 39.2 Å². The van der Waals surface area contributed by atoms with E-state index in [1.54, 1.807) is 12.4 Å². The zero-order chi connectivity index (χ0) is 15.8. The molecule has 0 saturated carbocycles. The van der Waals surface area contributed by atoms with Crippen molar-refractivity contribution in [2.24, 2.45) is 0 Å². The maximum absolute atomic E-state index is 5.44. The highest BCUT2D eigenvalue weighted by Crippen LogP contribution is 2.13. The number of ether oxygens (including phenoxy) is 1. The summed E-state index contributed by atoms with van der Waals surface area (Å²) in [7, 11) is 0. The average molecular weight is 388 g/mol. The van der Waals surface area contributed by atoms with Crippen LogP contribution in [0.15, 0.2) is 16.9 Å². The van der Waals surface area contributed by atoms with E-state index in [1.807, 2.05) is 6.92 Å². The fourth-order valence-corrected chi connectivity index (χ4v) is 2.69. The molecule has 0 radical (unpaired) electrons. The van der Waals surface area contributed by atoms with Gasteiger partial charge < -0.3 is 19.9 Å². The molecule has 0 bridgehead atoms. The Balaban J connectivity index is 1.70. The van der Waals surface area contributed by atoms with Crippen molar-refractivity contribution in [1.29, 1.82) is 0 Å². The zero-order valence-electron chi connectivity index (χ0n) is 12.8. The van der Waals surface area contributed by atoms with Crippen LogP contribution in [-0.4, -0.2) is 65.9 Å². The van der Waals surface area contributed by atoms with Gasteiger partial charge >= 0.3 is 0 Å². The number of nitrogens with one attached hydrogen (secondary N) is 1. The first-order chi connectivity index (χ1) is 10.7. The number of piperazine rings is 1. The minimum atomic E-state index is 0.768. The Bertz CT molecular complexity index is 465. The molecule has 2 heterocycles. The Morgan fingerprint density at radius 2 is 2.00 bits per heavy atom. The van der Waals surface area contributed by atoms with Crippen LogP contribution < -0.4 is 10.2 Å². The Labute approximate surface area is 145 Å². The van der Waals surface area contributed by atoms with Gasteiger partial charge in [0, 0.05) is 58.3 Å². The first-order valence-corrected chi connectivity index (χ1v) is 8.74. The Kier molecular flexibility index (Phi) is 7.28. The van der Waals surface area contributed by atoms with E-state index in [-0.39, 0.29) is 0 Å². The van der Waals surface area contributed by atoms with Crippen molar-refractivity contribution in [3.05, 3.63) is 16.9 Å². The molecular formula is C14H22BrN5OS. The molecule has 0 atom stereocenters. The molecule has 1 fully saturated rings. The van der Waals surface area contributed by atoms with Crippen molar-refractivity contribution in [2.45, 2.75) is 13.3 Å². The maximum Gasteiger partial charge on any atom is 0.225 e. The zero-order valence-corrected chi connectivity index (χ0v) is 15.2. The van der Waals surface area contributed by atoms with Gasteiger partial charge in [0.15, 0.2) is 5.11 Å². The third-order valence-electron chi connectivity index (χ3n) is 3.40. The maximum atomic E-state index is 5.44. The van der Waals surface area contributed by atoms with Gasteiger partial charge in [-0.1, -0.05) is 0 Å². The summed E-state index contributed by atoms with van der Waals surface area (Å²) >= 11 is 8.79. The van der Waals surface area contributed by atoms with Crippen molar-refractivity contribution in [3.8, 4) is 0 Å². The van der Waals surface area contributed by atoms with E-state index in [4.69, 9.17) is 17.0 Å². The lowest BCUT2D eigenvalue weighted by molar-refractivity contribution is 0.145. The van der Waals surface area contributed by atoms with E-state index in [9.17, 15) is 0 Å². The molecule has 2 rings (SSSR count). The predicted octanol–water partition coefficient (Wildman–Crippen LogP) is 1.66. The normalized spacial score (nSPS) is 15.0. The van der Waals surface area contributed by atoms with E-state index < -0.39 is 0 Å². The molecule has 1 aromatic rings. The summed E-state index contributed by atoms with van der Waals surface area (Å²) in [4.78, 5) is 13.1. The van der Waals surface area contributed by atoms with Crippen molar-refractivity contribution in [1.82, 2.24) is 20.2 Å². The average Bonchev–Trinajstić information content (AvgIpc) is 2.55. The Hall–Kier alpha value is -0.990. The molecule has 0 aromatic carbocycles. The molecule has 1 aromatic heterocycles. The molecule has 1 aliphatic heterocycles. The van der Waals surface area contributed by atoms with E-state index in [2.05, 4.69) is 41.0 Å². The Morgan fingerprint density at radius 3 is 2.64 bits per heavy atom. The van der Waals surface area contributed by atoms with Crippen LogP contribution in [0.2, 0.25) is 0 Å². The fourth-order valence-electron chi connectivity index (χ4n) is 2.20. The second-order valence-electron chi connectivity index (χ2n) is 4.96. The molecule has 6 nitrogen and oxygen atoms in total. The van der Waals surface area contributed by atoms with E-state index >= 15 is 0 Å². The monoisotopic (exact) mass is 387 g/mol. The summed E-state index contributed by atoms with van der Waals surface area (Å²) in [6.45, 7) is 7.94. The van der Waals surface area contributed by atoms with Gasteiger partial charge in [-0.3, -0.25) is 0 Å². The van der Waals surface area contributed by atoms with Crippen LogP contribution in [0.5, 0.6) is 0 Å². The highest BCUT2D eigenvalue weighted by atomic mass is 79.9. The van der Waals surface area contributed by atoms with Crippen molar-refractivity contribution in [2.75, 3.05) is 50.8 Å². The number of nitrogens with zero attached hydrogens (tertiary/aromatic N) is 4. The second kappa shape index (κ2) is 9.22. The van der Waals surface area contributed by atoms with Crippen LogP contribution in [0, 0.1) is 0 Å². The van der Waals surface area contributed by atoms with Crippen LogP contribution in [0.3, 0.4) is 0 Å². The van der Waals surface area contributed by atoms with Crippen LogP contribution in [-0.2, 0) is 4.74 Å². The third-order valence-corrected chi connectivity index (χ3v) is 4.21. The number of hydrogen-bond acceptors (Lipinski definition) is 5. The molecule has 0 spiro atoms. The smallest absolute Gasteiger partial charge is 0.225 e. The number of rotatable bonds is 6. The standard InChI is InChI=1S/C14H22BrN5OS/c1-2-21-9-3-4-16-14(22)20-7-5-19(6-8-20)13-17-10-12(15)11-18-13/h10-11H,2-9H2,1H3,(H,16,22). The van der Waals surface area contributed by atoms with E-state index in [0.717, 1.165) is 67.9 Å². The number of hydrogen-bond donors (Lipinski definition) is 1. The van der Waals surface area contributed by atoms with Gasteiger partial charge in [-0.05, 0) is 41.5 Å². The lowest BCUT2D eigenvalue weighted by atomic mass is 10.3. The lowest BCUT2D eigenvalue weighted by Crippen LogP contribution is -2.52. The second-order valence-corrected chi connectivity index (χ2v) is 6.26. The van der Waals surface area contributed by atoms with Gasteiger partial charge in [-0.2, -0.15) is 0 Å². The molecule has 0 amide bonds. The summed E-state index contributed by atoms with van der Waals surface area (Å²) in [5.41, 5.74) is 0. The summed E-state index contributed by atoms with van der Waals surface area (Å²) in [5, 5.41) is 4.12. The molecule has 22 heavy (non-hydrogen) atoms. The molecule has 1 saturated heterocycles. The van der Waals surface area contributed by atoms with Gasteiger partial charge in [0.05, 0.1) is 4.47 Å². The molecule has 0 aliphatic carbocycles. The SMILES string of the molecule is CCOCCCNC(=S)N1CCN(c2ncc(Br)cn2)CC1. The van der Waals surface area contributed by atoms with Crippen molar-refractivity contribution < 1.29 is 4.74 Å². The molecule has 1 aliphatic rings. The lowest BCUT2D eigenvalue weighted by Gasteiger charge is -2.36. The van der Waals surface area contributed by atoms with Gasteiger partial charge in [0.25, 0.3) is 0 Å². The minimum Gasteiger partial charge on any atom is -0.382 e. The third kappa shape index (κ3) is 5.33. The van der Waals surface area contributed by atoms with Gasteiger partial charge in [0.2, 0.25) is 5.95 Å². The van der Waals surface area contributed by atoms with Crippen LogP contribution in [0.25, 0.3) is 0 Å². The quantitative estimate of drug-likeness (QED) is 0.588. The number of aromatic nitrogens is 2. The first-order valence-electron chi connectivity index (χ1n) is 7.53. The number of thiocarbonyl (C=S) groups is 1. The summed E-state index contributed by atoms with van der Waals surface area (Å²) in [6.07, 6.45) is 4.53. The van der Waals surface area contributed by atoms with Crippen LogP contribution in [0.1, 0.15) is 13.3 Å². The summed E-state index contributed by atoms with van der Waals surface area (Å²) in [5.74, 6) is 0.776. The number of halogens is 1.